The molecule has 0 heterocycles. The number of carbonyl (C=O) groups is 2. The molecule has 0 aliphatic heterocycles. The van der Waals surface area contributed by atoms with Gasteiger partial charge in [0.1, 0.15) is 5.82 Å². The second kappa shape index (κ2) is 10.5. The van der Waals surface area contributed by atoms with E-state index in [1.807, 2.05) is 6.92 Å². The van der Waals surface area contributed by atoms with Crippen LogP contribution in [0.15, 0.2) is 53.7 Å². The largest absolute Gasteiger partial charge is 0.347 e. The molecule has 2 amide bonds. The van der Waals surface area contributed by atoms with Crippen molar-refractivity contribution in [3.05, 3.63) is 80.7 Å². The van der Waals surface area contributed by atoms with E-state index in [2.05, 4.69) is 17.6 Å². The quantitative estimate of drug-likeness (QED) is 0.423. The van der Waals surface area contributed by atoms with Crippen molar-refractivity contribution in [2.24, 2.45) is 0 Å². The summed E-state index contributed by atoms with van der Waals surface area (Å²) in [4.78, 5) is 25.4. The van der Waals surface area contributed by atoms with Crippen LogP contribution in [-0.4, -0.2) is 17.4 Å². The maximum Gasteiger partial charge on any atom is 0.255 e. The molecule has 0 aromatic heterocycles. The first-order chi connectivity index (χ1) is 15.2. The second-order valence-electron chi connectivity index (χ2n) is 8.33. The zero-order valence-corrected chi connectivity index (χ0v) is 19.7. The molecule has 1 aliphatic carbocycles. The van der Waals surface area contributed by atoms with Crippen molar-refractivity contribution in [3.8, 4) is 0 Å². The number of halogens is 3. The lowest BCUT2D eigenvalue weighted by Gasteiger charge is -2.20. The van der Waals surface area contributed by atoms with Gasteiger partial charge in [-0.25, -0.2) is 4.39 Å². The number of benzene rings is 2. The minimum Gasteiger partial charge on any atom is -0.347 e. The fraction of sp³-hybridized carbons (Fsp3) is 0.360. The molecule has 0 bridgehead atoms. The van der Waals surface area contributed by atoms with Gasteiger partial charge >= 0.3 is 0 Å². The summed E-state index contributed by atoms with van der Waals surface area (Å²) in [7, 11) is 0. The minimum atomic E-state index is -0.374. The van der Waals surface area contributed by atoms with E-state index < -0.39 is 0 Å². The maximum absolute atomic E-state index is 13.1. The third-order valence-electron chi connectivity index (χ3n) is 5.78. The first-order valence-corrected chi connectivity index (χ1v) is 11.5. The molecule has 2 aromatic rings. The van der Waals surface area contributed by atoms with Crippen molar-refractivity contribution in [2.75, 3.05) is 0 Å². The van der Waals surface area contributed by atoms with Crippen LogP contribution in [0, 0.1) is 5.82 Å². The van der Waals surface area contributed by atoms with Crippen molar-refractivity contribution in [2.45, 2.75) is 57.9 Å². The predicted octanol–water partition coefficient (Wildman–Crippen LogP) is 6.68. The Bertz CT molecular complexity index is 1030. The summed E-state index contributed by atoms with van der Waals surface area (Å²) < 4.78 is 13.1. The highest BCUT2D eigenvalue weighted by Crippen LogP contribution is 2.41. The second-order valence-corrected chi connectivity index (χ2v) is 9.15. The van der Waals surface area contributed by atoms with E-state index in [0.717, 1.165) is 37.0 Å². The lowest BCUT2D eigenvalue weighted by Crippen LogP contribution is -2.37. The van der Waals surface area contributed by atoms with Gasteiger partial charge in [-0.1, -0.05) is 42.1 Å². The molecule has 170 valence electrons. The molecule has 2 aromatic carbocycles. The van der Waals surface area contributed by atoms with E-state index in [9.17, 15) is 14.0 Å². The predicted molar refractivity (Wildman–Crippen MR) is 127 cm³/mol. The van der Waals surface area contributed by atoms with Gasteiger partial charge in [0, 0.05) is 22.4 Å². The van der Waals surface area contributed by atoms with Crippen LogP contribution in [0.1, 0.15) is 73.1 Å². The summed E-state index contributed by atoms with van der Waals surface area (Å²) in [5, 5.41) is 6.87. The van der Waals surface area contributed by atoms with Crippen LogP contribution < -0.4 is 10.6 Å². The summed E-state index contributed by atoms with van der Waals surface area (Å²) in [6.07, 6.45) is 4.92. The SMILES string of the molecule is CCC/C(C)=C(\CCC1(NC(=O)c2ccc(F)cc2)CC1)NC(=O)c1ccc(Cl)c(Cl)c1. The Morgan fingerprint density at radius 2 is 1.62 bits per heavy atom. The number of carbonyl (C=O) groups excluding carboxylic acids is 2. The highest BCUT2D eigenvalue weighted by atomic mass is 35.5. The Morgan fingerprint density at radius 3 is 2.22 bits per heavy atom. The molecular formula is C25H27Cl2FN2O2. The first-order valence-electron chi connectivity index (χ1n) is 10.8. The number of hydrogen-bond acceptors (Lipinski definition) is 2. The van der Waals surface area contributed by atoms with Crippen molar-refractivity contribution in [3.63, 3.8) is 0 Å². The van der Waals surface area contributed by atoms with E-state index in [1.54, 1.807) is 18.2 Å². The number of rotatable bonds is 9. The Kier molecular flexibility index (Phi) is 7.96. The molecule has 2 N–H and O–H groups in total. The molecule has 0 atom stereocenters. The zero-order chi connectivity index (χ0) is 23.3. The van der Waals surface area contributed by atoms with Gasteiger partial charge in [0.25, 0.3) is 11.8 Å². The van der Waals surface area contributed by atoms with Gasteiger partial charge in [0.05, 0.1) is 10.0 Å². The Morgan fingerprint density at radius 1 is 0.969 bits per heavy atom. The molecule has 7 heteroatoms. The number of hydrogen-bond donors (Lipinski definition) is 2. The van der Waals surface area contributed by atoms with E-state index in [1.165, 1.54) is 24.3 Å². The first kappa shape index (κ1) is 24.3. The Labute approximate surface area is 198 Å². The van der Waals surface area contributed by atoms with Gasteiger partial charge in [0.15, 0.2) is 0 Å². The van der Waals surface area contributed by atoms with Gasteiger partial charge in [-0.2, -0.15) is 0 Å². The van der Waals surface area contributed by atoms with Gasteiger partial charge in [-0.15, -0.1) is 0 Å². The summed E-state index contributed by atoms with van der Waals surface area (Å²) in [5.74, 6) is -0.825. The standard InChI is InChI=1S/C25H27Cl2FN2O2/c1-3-4-16(2)22(29-23(31)18-7-10-20(26)21(27)15-18)11-12-25(13-14-25)30-24(32)17-5-8-19(28)9-6-17/h5-10,15H,3-4,11-14H2,1-2H3,(H,29,31)(H,30,32)/b22-16+. The molecular weight excluding hydrogens is 450 g/mol. The fourth-order valence-corrected chi connectivity index (χ4v) is 3.92. The van der Waals surface area contributed by atoms with Crippen LogP contribution in [0.4, 0.5) is 4.39 Å². The van der Waals surface area contributed by atoms with Crippen LogP contribution in [-0.2, 0) is 0 Å². The highest BCUT2D eigenvalue weighted by Gasteiger charge is 2.43. The third kappa shape index (κ3) is 6.33. The monoisotopic (exact) mass is 476 g/mol. The summed E-state index contributed by atoms with van der Waals surface area (Å²) in [6, 6.07) is 10.3. The molecule has 1 fully saturated rings. The van der Waals surface area contributed by atoms with Gasteiger partial charge < -0.3 is 10.6 Å². The summed E-state index contributed by atoms with van der Waals surface area (Å²) in [5.41, 5.74) is 2.56. The van der Waals surface area contributed by atoms with E-state index >= 15 is 0 Å². The van der Waals surface area contributed by atoms with Crippen LogP contribution in [0.2, 0.25) is 10.0 Å². The molecule has 4 nitrogen and oxygen atoms in total. The topological polar surface area (TPSA) is 58.2 Å². The van der Waals surface area contributed by atoms with Gasteiger partial charge in [0.2, 0.25) is 0 Å². The van der Waals surface area contributed by atoms with Crippen LogP contribution >= 0.6 is 23.2 Å². The van der Waals surface area contributed by atoms with E-state index in [4.69, 9.17) is 23.2 Å². The number of allylic oxidation sites excluding steroid dienone is 2. The average molecular weight is 477 g/mol. The third-order valence-corrected chi connectivity index (χ3v) is 6.52. The molecule has 0 unspecified atom stereocenters. The molecule has 0 radical (unpaired) electrons. The lowest BCUT2D eigenvalue weighted by atomic mass is 10.0. The van der Waals surface area contributed by atoms with Crippen LogP contribution in [0.3, 0.4) is 0 Å². The zero-order valence-electron chi connectivity index (χ0n) is 18.2. The van der Waals surface area contributed by atoms with E-state index in [-0.39, 0.29) is 23.2 Å². The van der Waals surface area contributed by atoms with Crippen molar-refractivity contribution >= 4 is 35.0 Å². The van der Waals surface area contributed by atoms with Gasteiger partial charge in [-0.05, 0) is 81.5 Å². The Balaban J connectivity index is 1.67. The highest BCUT2D eigenvalue weighted by molar-refractivity contribution is 6.42. The molecule has 0 spiro atoms. The van der Waals surface area contributed by atoms with E-state index in [0.29, 0.717) is 34.0 Å². The van der Waals surface area contributed by atoms with Gasteiger partial charge in [-0.3, -0.25) is 9.59 Å². The Hall–Kier alpha value is -2.37. The molecule has 1 aliphatic rings. The molecule has 3 rings (SSSR count). The smallest absolute Gasteiger partial charge is 0.255 e. The molecule has 1 saturated carbocycles. The lowest BCUT2D eigenvalue weighted by molar-refractivity contribution is 0.0923. The van der Waals surface area contributed by atoms with Crippen LogP contribution in [0.25, 0.3) is 0 Å². The minimum absolute atomic E-state index is 0.210. The molecule has 32 heavy (non-hydrogen) atoms. The summed E-state index contributed by atoms with van der Waals surface area (Å²) >= 11 is 12.0. The normalized spacial score (nSPS) is 15.0. The maximum atomic E-state index is 13.1. The number of amides is 2. The van der Waals surface area contributed by atoms with Crippen molar-refractivity contribution in [1.82, 2.24) is 10.6 Å². The summed E-state index contributed by atoms with van der Waals surface area (Å²) in [6.45, 7) is 4.11. The average Bonchev–Trinajstić information content (AvgIpc) is 3.52. The van der Waals surface area contributed by atoms with Crippen molar-refractivity contribution < 1.29 is 14.0 Å². The number of nitrogens with one attached hydrogen (secondary N) is 2. The van der Waals surface area contributed by atoms with Crippen molar-refractivity contribution in [1.29, 1.82) is 0 Å². The fourth-order valence-electron chi connectivity index (χ4n) is 3.62. The molecule has 0 saturated heterocycles. The van der Waals surface area contributed by atoms with Crippen LogP contribution in [0.5, 0.6) is 0 Å².